The number of aliphatic hydroxyl groups is 2. The second-order valence-electron chi connectivity index (χ2n) is 8.31. The molecule has 126 valence electrons. The molecule has 0 radical (unpaired) electrons. The fraction of sp³-hybridized carbons (Fsp3) is 0.800. The van der Waals surface area contributed by atoms with Crippen LogP contribution in [0.25, 0.3) is 0 Å². The zero-order valence-electron chi connectivity index (χ0n) is 14.7. The molecule has 2 nitrogen and oxygen atoms in total. The molecule has 2 fully saturated rings. The lowest BCUT2D eigenvalue weighted by atomic mass is 9.60. The lowest BCUT2D eigenvalue weighted by molar-refractivity contribution is -0.209. The van der Waals surface area contributed by atoms with Crippen molar-refractivity contribution >= 4 is 0 Å². The SMILES string of the molecule is C=CCCCCC[C@@]1(O)[C@@](O)(CC=C)[C@H]2CC[C@@]1(C)C2(C)C. The van der Waals surface area contributed by atoms with E-state index in [1.54, 1.807) is 6.08 Å². The van der Waals surface area contributed by atoms with Crippen LogP contribution in [0.1, 0.15) is 72.1 Å². The fourth-order valence-electron chi connectivity index (χ4n) is 5.71. The van der Waals surface area contributed by atoms with E-state index in [1.165, 1.54) is 0 Å². The van der Waals surface area contributed by atoms with Crippen molar-refractivity contribution in [1.29, 1.82) is 0 Å². The first-order chi connectivity index (χ1) is 10.2. The summed E-state index contributed by atoms with van der Waals surface area (Å²) in [6, 6.07) is 0. The van der Waals surface area contributed by atoms with Crippen molar-refractivity contribution in [2.24, 2.45) is 16.7 Å². The lowest BCUT2D eigenvalue weighted by Crippen LogP contribution is -2.61. The number of unbranched alkanes of at least 4 members (excludes halogenated alkanes) is 3. The van der Waals surface area contributed by atoms with E-state index in [2.05, 4.69) is 33.9 Å². The molecule has 2 heteroatoms. The molecule has 0 heterocycles. The smallest absolute Gasteiger partial charge is 0.101 e. The van der Waals surface area contributed by atoms with Gasteiger partial charge in [0.25, 0.3) is 0 Å². The summed E-state index contributed by atoms with van der Waals surface area (Å²) in [7, 11) is 0. The summed E-state index contributed by atoms with van der Waals surface area (Å²) >= 11 is 0. The Bertz CT molecular complexity index is 441. The molecule has 0 aromatic heterocycles. The van der Waals surface area contributed by atoms with Gasteiger partial charge in [0.05, 0.1) is 5.60 Å². The zero-order valence-corrected chi connectivity index (χ0v) is 14.7. The summed E-state index contributed by atoms with van der Waals surface area (Å²) in [5.41, 5.74) is -2.29. The third-order valence-corrected chi connectivity index (χ3v) is 7.33. The van der Waals surface area contributed by atoms with E-state index in [0.717, 1.165) is 38.5 Å². The zero-order chi connectivity index (χ0) is 16.6. The van der Waals surface area contributed by atoms with Crippen molar-refractivity contribution in [3.63, 3.8) is 0 Å². The molecule has 4 atom stereocenters. The van der Waals surface area contributed by atoms with Gasteiger partial charge in [-0.05, 0) is 49.9 Å². The van der Waals surface area contributed by atoms with Crippen LogP contribution >= 0.6 is 0 Å². The fourth-order valence-corrected chi connectivity index (χ4v) is 5.71. The van der Waals surface area contributed by atoms with Crippen LogP contribution in [0.2, 0.25) is 0 Å². The second-order valence-corrected chi connectivity index (χ2v) is 8.31. The van der Waals surface area contributed by atoms with Crippen molar-refractivity contribution in [1.82, 2.24) is 0 Å². The molecular weight excluding hydrogens is 272 g/mol. The quantitative estimate of drug-likeness (QED) is 0.507. The third-order valence-electron chi connectivity index (χ3n) is 7.33. The van der Waals surface area contributed by atoms with E-state index in [1.807, 2.05) is 6.08 Å². The maximum atomic E-state index is 11.7. The van der Waals surface area contributed by atoms with Gasteiger partial charge in [-0.25, -0.2) is 0 Å². The summed E-state index contributed by atoms with van der Waals surface area (Å²) in [6.07, 6.45) is 11.1. The van der Waals surface area contributed by atoms with Gasteiger partial charge >= 0.3 is 0 Å². The minimum Gasteiger partial charge on any atom is -0.386 e. The Hall–Kier alpha value is -0.600. The maximum Gasteiger partial charge on any atom is 0.101 e. The van der Waals surface area contributed by atoms with Gasteiger partial charge in [-0.15, -0.1) is 13.2 Å². The minimum atomic E-state index is -1.02. The standard InChI is InChI=1S/C20H34O2/c1-6-8-9-10-11-14-20(22)18(5)15-12-16(17(18,3)4)19(20,21)13-7-2/h6-7,16,21-22H,1-2,8-15H2,3-5H3/t16-,18-,19+,20-/m0/s1. The van der Waals surface area contributed by atoms with Crippen LogP contribution in [0.15, 0.2) is 25.3 Å². The Morgan fingerprint density at radius 2 is 1.73 bits per heavy atom. The highest BCUT2D eigenvalue weighted by Crippen LogP contribution is 2.74. The molecule has 0 spiro atoms. The van der Waals surface area contributed by atoms with Crippen LogP contribution in [0.3, 0.4) is 0 Å². The first-order valence-electron chi connectivity index (χ1n) is 8.88. The molecule has 0 unspecified atom stereocenters. The Morgan fingerprint density at radius 1 is 1.05 bits per heavy atom. The highest BCUT2D eigenvalue weighted by atomic mass is 16.4. The second kappa shape index (κ2) is 5.79. The molecule has 0 aromatic carbocycles. The van der Waals surface area contributed by atoms with Gasteiger partial charge in [-0.3, -0.25) is 0 Å². The average molecular weight is 306 g/mol. The van der Waals surface area contributed by atoms with Gasteiger partial charge in [-0.2, -0.15) is 0 Å². The predicted molar refractivity (Wildman–Crippen MR) is 92.6 cm³/mol. The summed E-state index contributed by atoms with van der Waals surface area (Å²) in [6.45, 7) is 14.2. The van der Waals surface area contributed by atoms with E-state index < -0.39 is 11.2 Å². The van der Waals surface area contributed by atoms with Crippen LogP contribution in [-0.2, 0) is 0 Å². The summed E-state index contributed by atoms with van der Waals surface area (Å²) in [5, 5.41) is 23.1. The number of allylic oxidation sites excluding steroid dienone is 1. The van der Waals surface area contributed by atoms with E-state index in [9.17, 15) is 10.2 Å². The van der Waals surface area contributed by atoms with Crippen LogP contribution in [0.5, 0.6) is 0 Å². The Kier molecular flexibility index (Phi) is 4.68. The number of fused-ring (bicyclic) bond motifs is 2. The lowest BCUT2D eigenvalue weighted by Gasteiger charge is -2.51. The minimum absolute atomic E-state index is 0.0410. The van der Waals surface area contributed by atoms with Gasteiger partial charge in [0.2, 0.25) is 0 Å². The molecule has 0 saturated heterocycles. The van der Waals surface area contributed by atoms with Crippen molar-refractivity contribution in [3.8, 4) is 0 Å². The van der Waals surface area contributed by atoms with Gasteiger partial charge in [0.15, 0.2) is 0 Å². The van der Waals surface area contributed by atoms with Crippen molar-refractivity contribution in [2.45, 2.75) is 83.3 Å². The third kappa shape index (κ3) is 2.06. The number of rotatable bonds is 8. The van der Waals surface area contributed by atoms with E-state index in [4.69, 9.17) is 0 Å². The molecule has 2 rings (SSSR count). The highest BCUT2D eigenvalue weighted by Gasteiger charge is 2.78. The number of hydrogen-bond donors (Lipinski definition) is 2. The monoisotopic (exact) mass is 306 g/mol. The largest absolute Gasteiger partial charge is 0.386 e. The summed E-state index contributed by atoms with van der Waals surface area (Å²) in [5.74, 6) is 0.154. The molecule has 2 bridgehead atoms. The van der Waals surface area contributed by atoms with Crippen molar-refractivity contribution in [3.05, 3.63) is 25.3 Å². The highest BCUT2D eigenvalue weighted by molar-refractivity contribution is 5.29. The average Bonchev–Trinajstić information content (AvgIpc) is 2.73. The van der Waals surface area contributed by atoms with Gasteiger partial charge in [0.1, 0.15) is 5.60 Å². The first kappa shape index (κ1) is 17.7. The van der Waals surface area contributed by atoms with Gasteiger partial charge in [0, 0.05) is 5.41 Å². The van der Waals surface area contributed by atoms with E-state index >= 15 is 0 Å². The molecule has 2 aliphatic rings. The summed E-state index contributed by atoms with van der Waals surface area (Å²) in [4.78, 5) is 0. The van der Waals surface area contributed by atoms with Crippen molar-refractivity contribution in [2.75, 3.05) is 0 Å². The Balaban J connectivity index is 2.25. The molecule has 0 aliphatic heterocycles. The van der Waals surface area contributed by atoms with E-state index in [-0.39, 0.29) is 16.7 Å². The molecule has 2 N–H and O–H groups in total. The predicted octanol–water partition coefficient (Wildman–Crippen LogP) is 4.62. The maximum absolute atomic E-state index is 11.7. The van der Waals surface area contributed by atoms with Crippen molar-refractivity contribution < 1.29 is 10.2 Å². The molecule has 22 heavy (non-hydrogen) atoms. The van der Waals surface area contributed by atoms with Gasteiger partial charge < -0.3 is 10.2 Å². The molecule has 0 amide bonds. The summed E-state index contributed by atoms with van der Waals surface area (Å²) < 4.78 is 0. The van der Waals surface area contributed by atoms with Crippen LogP contribution in [-0.4, -0.2) is 21.4 Å². The normalized spacial score (nSPS) is 42.5. The topological polar surface area (TPSA) is 40.5 Å². The molecule has 2 aliphatic carbocycles. The van der Waals surface area contributed by atoms with Crippen LogP contribution in [0, 0.1) is 16.7 Å². The Labute approximate surface area is 136 Å². The molecular formula is C20H34O2. The van der Waals surface area contributed by atoms with Crippen LogP contribution in [0.4, 0.5) is 0 Å². The molecule has 0 aromatic rings. The van der Waals surface area contributed by atoms with E-state index in [0.29, 0.717) is 12.8 Å². The van der Waals surface area contributed by atoms with Gasteiger partial charge in [-0.1, -0.05) is 45.8 Å². The first-order valence-corrected chi connectivity index (χ1v) is 8.88. The Morgan fingerprint density at radius 3 is 2.32 bits per heavy atom. The molecule has 2 saturated carbocycles. The van der Waals surface area contributed by atoms with Crippen LogP contribution < -0.4 is 0 Å². The number of hydrogen-bond acceptors (Lipinski definition) is 2.